The first-order valence-electron chi connectivity index (χ1n) is 5.24. The van der Waals surface area contributed by atoms with E-state index in [4.69, 9.17) is 9.84 Å². The van der Waals surface area contributed by atoms with E-state index in [2.05, 4.69) is 5.32 Å². The van der Waals surface area contributed by atoms with Gasteiger partial charge in [-0.15, -0.1) is 0 Å². The zero-order valence-corrected chi connectivity index (χ0v) is 10.0. The first kappa shape index (κ1) is 14.7. The van der Waals surface area contributed by atoms with Crippen LogP contribution in [0.25, 0.3) is 0 Å². The van der Waals surface area contributed by atoms with Crippen molar-refractivity contribution in [2.24, 2.45) is 5.92 Å². The molecular weight excluding hydrogens is 212 g/mol. The van der Waals surface area contributed by atoms with Crippen LogP contribution in [-0.2, 0) is 9.53 Å². The Morgan fingerprint density at radius 2 is 2.12 bits per heavy atom. The molecule has 6 heteroatoms. The summed E-state index contributed by atoms with van der Waals surface area (Å²) < 4.78 is 4.93. The lowest BCUT2D eigenvalue weighted by atomic mass is 10.2. The molecule has 0 aromatic rings. The van der Waals surface area contributed by atoms with Crippen molar-refractivity contribution in [2.75, 3.05) is 33.4 Å². The fourth-order valence-corrected chi connectivity index (χ4v) is 1.21. The van der Waals surface area contributed by atoms with Crippen LogP contribution >= 0.6 is 0 Å². The van der Waals surface area contributed by atoms with Gasteiger partial charge in [-0.1, -0.05) is 6.92 Å². The topological polar surface area (TPSA) is 78.9 Å². The van der Waals surface area contributed by atoms with Gasteiger partial charge in [-0.3, -0.25) is 4.79 Å². The van der Waals surface area contributed by atoms with Crippen molar-refractivity contribution in [2.45, 2.75) is 13.8 Å². The van der Waals surface area contributed by atoms with Crippen molar-refractivity contribution in [3.05, 3.63) is 0 Å². The molecule has 0 radical (unpaired) electrons. The molecule has 2 N–H and O–H groups in total. The van der Waals surface area contributed by atoms with Crippen LogP contribution in [0.2, 0.25) is 0 Å². The number of methoxy groups -OCH3 is 1. The highest BCUT2D eigenvalue weighted by Crippen LogP contribution is 1.94. The number of nitrogens with zero attached hydrogens (tertiary/aromatic N) is 1. The summed E-state index contributed by atoms with van der Waals surface area (Å²) in [6.45, 7) is 4.81. The van der Waals surface area contributed by atoms with Gasteiger partial charge in [-0.2, -0.15) is 0 Å². The highest BCUT2D eigenvalue weighted by Gasteiger charge is 2.14. The summed E-state index contributed by atoms with van der Waals surface area (Å²) >= 11 is 0. The summed E-state index contributed by atoms with van der Waals surface area (Å²) in [6.07, 6.45) is 0. The molecule has 0 rings (SSSR count). The molecule has 0 aliphatic rings. The third kappa shape index (κ3) is 6.23. The Hall–Kier alpha value is -1.30. The van der Waals surface area contributed by atoms with Gasteiger partial charge in [0, 0.05) is 20.2 Å². The number of carboxylic acid groups (broad SMARTS) is 1. The fraction of sp³-hybridized carbons (Fsp3) is 0.800. The normalized spacial score (nSPS) is 11.9. The second kappa shape index (κ2) is 7.92. The highest BCUT2D eigenvalue weighted by atomic mass is 16.5. The van der Waals surface area contributed by atoms with Gasteiger partial charge < -0.3 is 20.1 Å². The van der Waals surface area contributed by atoms with E-state index in [-0.39, 0.29) is 18.5 Å². The number of nitrogens with one attached hydrogen (secondary N) is 1. The van der Waals surface area contributed by atoms with Crippen LogP contribution in [0.15, 0.2) is 0 Å². The first-order chi connectivity index (χ1) is 7.51. The monoisotopic (exact) mass is 232 g/mol. The molecule has 0 saturated carbocycles. The van der Waals surface area contributed by atoms with Crippen LogP contribution in [0.3, 0.4) is 0 Å². The summed E-state index contributed by atoms with van der Waals surface area (Å²) in [4.78, 5) is 23.2. The molecule has 0 saturated heterocycles. The van der Waals surface area contributed by atoms with E-state index in [0.717, 1.165) is 0 Å². The van der Waals surface area contributed by atoms with E-state index in [1.807, 2.05) is 6.92 Å². The van der Waals surface area contributed by atoms with Gasteiger partial charge in [0.1, 0.15) is 6.54 Å². The Morgan fingerprint density at radius 3 is 2.56 bits per heavy atom. The van der Waals surface area contributed by atoms with Crippen molar-refractivity contribution in [1.29, 1.82) is 0 Å². The largest absolute Gasteiger partial charge is 0.480 e. The summed E-state index contributed by atoms with van der Waals surface area (Å²) in [5.41, 5.74) is 0. The number of carbonyl (C=O) groups is 2. The molecule has 0 fully saturated rings. The smallest absolute Gasteiger partial charge is 0.323 e. The van der Waals surface area contributed by atoms with E-state index in [1.54, 1.807) is 14.0 Å². The highest BCUT2D eigenvalue weighted by molar-refractivity contribution is 5.79. The van der Waals surface area contributed by atoms with Gasteiger partial charge in [-0.25, -0.2) is 4.79 Å². The number of amides is 2. The van der Waals surface area contributed by atoms with Crippen LogP contribution in [0.4, 0.5) is 4.79 Å². The Kier molecular flexibility index (Phi) is 7.28. The molecule has 2 amide bonds. The van der Waals surface area contributed by atoms with Crippen LogP contribution in [0.5, 0.6) is 0 Å². The average molecular weight is 232 g/mol. The number of carboxylic acids is 1. The van der Waals surface area contributed by atoms with Gasteiger partial charge in [0.25, 0.3) is 0 Å². The molecule has 0 aromatic carbocycles. The lowest BCUT2D eigenvalue weighted by molar-refractivity contribution is -0.137. The Labute approximate surface area is 95.6 Å². The van der Waals surface area contributed by atoms with Crippen LogP contribution in [0, 0.1) is 5.92 Å². The minimum Gasteiger partial charge on any atom is -0.480 e. The summed E-state index contributed by atoms with van der Waals surface area (Å²) in [7, 11) is 1.60. The van der Waals surface area contributed by atoms with Crippen LogP contribution in [0.1, 0.15) is 13.8 Å². The van der Waals surface area contributed by atoms with Crippen LogP contribution in [-0.4, -0.2) is 55.4 Å². The lowest BCUT2D eigenvalue weighted by Crippen LogP contribution is -2.44. The molecule has 0 bridgehead atoms. The number of hydrogen-bond acceptors (Lipinski definition) is 3. The molecular formula is C10H20N2O4. The third-order valence-corrected chi connectivity index (χ3v) is 2.05. The van der Waals surface area contributed by atoms with Gasteiger partial charge >= 0.3 is 12.0 Å². The lowest BCUT2D eigenvalue weighted by Gasteiger charge is -2.20. The minimum absolute atomic E-state index is 0.206. The molecule has 0 spiro atoms. The molecule has 6 nitrogen and oxygen atoms in total. The molecule has 0 aromatic heterocycles. The van der Waals surface area contributed by atoms with E-state index in [1.165, 1.54) is 4.90 Å². The molecule has 0 aliphatic heterocycles. The maximum absolute atomic E-state index is 11.5. The maximum Gasteiger partial charge on any atom is 0.323 e. The zero-order chi connectivity index (χ0) is 12.6. The Bertz CT molecular complexity index is 233. The molecule has 16 heavy (non-hydrogen) atoms. The molecule has 0 aliphatic carbocycles. The molecule has 1 atom stereocenters. The summed E-state index contributed by atoms with van der Waals surface area (Å²) in [5, 5.41) is 11.3. The maximum atomic E-state index is 11.5. The number of hydrogen-bond donors (Lipinski definition) is 2. The number of ether oxygens (including phenoxy) is 1. The minimum atomic E-state index is -1.01. The quantitative estimate of drug-likeness (QED) is 0.665. The van der Waals surface area contributed by atoms with E-state index >= 15 is 0 Å². The second-order valence-electron chi connectivity index (χ2n) is 3.65. The fourth-order valence-electron chi connectivity index (χ4n) is 1.21. The van der Waals surface area contributed by atoms with Gasteiger partial charge in [0.2, 0.25) is 0 Å². The predicted octanol–water partition coefficient (Wildman–Crippen LogP) is 0.385. The predicted molar refractivity (Wildman–Crippen MR) is 59.3 cm³/mol. The van der Waals surface area contributed by atoms with Crippen molar-refractivity contribution in [3.8, 4) is 0 Å². The SMILES string of the molecule is CCN(CC(=O)O)C(=O)NCC(C)COC. The number of carbonyl (C=O) groups excluding carboxylic acids is 1. The third-order valence-electron chi connectivity index (χ3n) is 2.05. The van der Waals surface area contributed by atoms with Crippen molar-refractivity contribution < 1.29 is 19.4 Å². The van der Waals surface area contributed by atoms with Gasteiger partial charge in [0.05, 0.1) is 6.61 Å². The van der Waals surface area contributed by atoms with Crippen molar-refractivity contribution in [3.63, 3.8) is 0 Å². The number of likely N-dealkylation sites (N-methyl/N-ethyl adjacent to an activating group) is 1. The van der Waals surface area contributed by atoms with E-state index < -0.39 is 5.97 Å². The van der Waals surface area contributed by atoms with Crippen LogP contribution < -0.4 is 5.32 Å². The zero-order valence-electron chi connectivity index (χ0n) is 10.0. The van der Waals surface area contributed by atoms with Gasteiger partial charge in [-0.05, 0) is 12.8 Å². The molecule has 1 unspecified atom stereocenters. The number of rotatable bonds is 7. The van der Waals surface area contributed by atoms with Crippen molar-refractivity contribution >= 4 is 12.0 Å². The molecule has 94 valence electrons. The average Bonchev–Trinajstić information content (AvgIpc) is 2.22. The van der Waals surface area contributed by atoms with E-state index in [9.17, 15) is 9.59 Å². The van der Waals surface area contributed by atoms with E-state index in [0.29, 0.717) is 19.7 Å². The Morgan fingerprint density at radius 1 is 1.50 bits per heavy atom. The number of urea groups is 1. The second-order valence-corrected chi connectivity index (χ2v) is 3.65. The van der Waals surface area contributed by atoms with Gasteiger partial charge in [0.15, 0.2) is 0 Å². The van der Waals surface area contributed by atoms with Crippen molar-refractivity contribution in [1.82, 2.24) is 10.2 Å². The summed E-state index contributed by atoms with van der Waals surface area (Å²) in [5.74, 6) is -0.806. The standard InChI is InChI=1S/C10H20N2O4/c1-4-12(6-9(13)14)10(15)11-5-8(2)7-16-3/h8H,4-7H2,1-3H3,(H,11,15)(H,13,14). The molecule has 0 heterocycles. The Balaban J connectivity index is 3.97. The summed E-state index contributed by atoms with van der Waals surface area (Å²) in [6, 6.07) is -0.354. The first-order valence-corrected chi connectivity index (χ1v) is 5.24. The number of aliphatic carboxylic acids is 1.